The number of rotatable bonds is 13. The number of nitrogens with two attached hydrogens (primary N) is 2. The lowest BCUT2D eigenvalue weighted by atomic mass is 10.0. The zero-order chi connectivity index (χ0) is 25.1. The van der Waals surface area contributed by atoms with Gasteiger partial charge in [0.25, 0.3) is 0 Å². The molecule has 0 fully saturated rings. The van der Waals surface area contributed by atoms with Gasteiger partial charge < -0.3 is 37.6 Å². The predicted octanol–water partition coefficient (Wildman–Crippen LogP) is -1.65. The van der Waals surface area contributed by atoms with Gasteiger partial charge in [0.2, 0.25) is 23.6 Å². The Bertz CT molecular complexity index is 857. The maximum absolute atomic E-state index is 13.0. The van der Waals surface area contributed by atoms with Gasteiger partial charge in [0, 0.05) is 12.8 Å². The van der Waals surface area contributed by atoms with Crippen molar-refractivity contribution in [2.45, 2.75) is 51.2 Å². The molecule has 0 heterocycles. The summed E-state index contributed by atoms with van der Waals surface area (Å²) in [6, 6.07) is 2.67. The van der Waals surface area contributed by atoms with Crippen LogP contribution in [0.1, 0.15) is 32.3 Å². The van der Waals surface area contributed by atoms with Gasteiger partial charge in [0.1, 0.15) is 24.4 Å². The highest BCUT2D eigenvalue weighted by atomic mass is 16.4. The Labute approximate surface area is 191 Å². The van der Waals surface area contributed by atoms with E-state index in [4.69, 9.17) is 16.6 Å². The highest BCUT2D eigenvalue weighted by molar-refractivity contribution is 5.94. The summed E-state index contributed by atoms with van der Waals surface area (Å²) in [5.41, 5.74) is 11.6. The average Bonchev–Trinajstić information content (AvgIpc) is 2.74. The molecule has 0 aliphatic carbocycles. The Hall–Kier alpha value is -3.67. The van der Waals surface area contributed by atoms with Gasteiger partial charge in [-0.2, -0.15) is 0 Å². The minimum absolute atomic E-state index is 0.0158. The molecule has 0 aliphatic heterocycles. The van der Waals surface area contributed by atoms with Gasteiger partial charge in [-0.05, 0) is 30.0 Å². The fraction of sp³-hybridized carbons (Fsp3) is 0.476. The van der Waals surface area contributed by atoms with Crippen LogP contribution in [0.15, 0.2) is 24.3 Å². The molecular weight excluding hydrogens is 434 g/mol. The molecule has 0 bridgehead atoms. The highest BCUT2D eigenvalue weighted by Crippen LogP contribution is 2.12. The van der Waals surface area contributed by atoms with Gasteiger partial charge in [-0.25, -0.2) is 0 Å². The van der Waals surface area contributed by atoms with Crippen molar-refractivity contribution in [1.82, 2.24) is 16.0 Å². The SMILES string of the molecule is CC(C)C(N)C(=O)NC(Cc1ccc(O)cc1)C(=O)NC(CCC(N)=O)C(=O)NCC(=O)O. The summed E-state index contributed by atoms with van der Waals surface area (Å²) < 4.78 is 0. The molecule has 0 saturated heterocycles. The van der Waals surface area contributed by atoms with Crippen LogP contribution >= 0.6 is 0 Å². The maximum Gasteiger partial charge on any atom is 0.322 e. The lowest BCUT2D eigenvalue weighted by molar-refractivity contribution is -0.138. The smallest absolute Gasteiger partial charge is 0.322 e. The quantitative estimate of drug-likeness (QED) is 0.179. The number of nitrogens with one attached hydrogen (secondary N) is 3. The first-order chi connectivity index (χ1) is 15.4. The van der Waals surface area contributed by atoms with Crippen LogP contribution < -0.4 is 27.4 Å². The van der Waals surface area contributed by atoms with Crippen LogP contribution in [-0.4, -0.2) is 64.5 Å². The third-order valence-corrected chi connectivity index (χ3v) is 4.76. The zero-order valence-electron chi connectivity index (χ0n) is 18.5. The highest BCUT2D eigenvalue weighted by Gasteiger charge is 2.29. The first-order valence-electron chi connectivity index (χ1n) is 10.3. The molecule has 3 unspecified atom stereocenters. The standard InChI is InChI=1S/C21H31N5O7/c1-11(2)18(23)21(33)26-15(9-12-3-5-13(27)6-4-12)20(32)25-14(7-8-16(22)28)19(31)24-10-17(29)30/h3-6,11,14-15,18,27H,7-10,23H2,1-2H3,(H2,22,28)(H,24,31)(H,25,32)(H,26,33)(H,29,30). The van der Waals surface area contributed by atoms with Crippen LogP contribution in [-0.2, 0) is 30.4 Å². The molecule has 33 heavy (non-hydrogen) atoms. The number of aliphatic carboxylic acids is 1. The molecule has 1 aromatic rings. The number of aromatic hydroxyl groups is 1. The first-order valence-corrected chi connectivity index (χ1v) is 10.3. The molecule has 182 valence electrons. The van der Waals surface area contributed by atoms with E-state index in [1.165, 1.54) is 12.1 Å². The van der Waals surface area contributed by atoms with Crippen molar-refractivity contribution in [2.24, 2.45) is 17.4 Å². The number of carbonyl (C=O) groups excluding carboxylic acids is 4. The van der Waals surface area contributed by atoms with E-state index in [0.717, 1.165) is 0 Å². The van der Waals surface area contributed by atoms with Crippen LogP contribution in [0.2, 0.25) is 0 Å². The number of hydrogen-bond donors (Lipinski definition) is 7. The normalized spacial score (nSPS) is 13.5. The summed E-state index contributed by atoms with van der Waals surface area (Å²) in [6.45, 7) is 2.80. The number of hydrogen-bond acceptors (Lipinski definition) is 7. The van der Waals surface area contributed by atoms with Crippen molar-refractivity contribution >= 4 is 29.6 Å². The molecule has 1 aromatic carbocycles. The number of benzene rings is 1. The van der Waals surface area contributed by atoms with Gasteiger partial charge in [0.15, 0.2) is 0 Å². The van der Waals surface area contributed by atoms with Crippen LogP contribution in [0.5, 0.6) is 5.75 Å². The fourth-order valence-electron chi connectivity index (χ4n) is 2.76. The van der Waals surface area contributed by atoms with E-state index >= 15 is 0 Å². The Morgan fingerprint density at radius 2 is 1.52 bits per heavy atom. The van der Waals surface area contributed by atoms with E-state index < -0.39 is 54.3 Å². The first kappa shape index (κ1) is 27.4. The van der Waals surface area contributed by atoms with Crippen molar-refractivity contribution in [3.63, 3.8) is 0 Å². The Balaban J connectivity index is 3.07. The number of phenolic OH excluding ortho intramolecular Hbond substituents is 1. The minimum atomic E-state index is -1.29. The van der Waals surface area contributed by atoms with Crippen LogP contribution in [0, 0.1) is 5.92 Å². The van der Waals surface area contributed by atoms with E-state index in [-0.39, 0.29) is 30.9 Å². The third kappa shape index (κ3) is 9.99. The summed E-state index contributed by atoms with van der Waals surface area (Å²) in [5, 5.41) is 25.4. The van der Waals surface area contributed by atoms with Crippen LogP contribution in [0.4, 0.5) is 0 Å². The van der Waals surface area contributed by atoms with Crippen molar-refractivity contribution in [3.8, 4) is 5.75 Å². The molecule has 0 radical (unpaired) electrons. The van der Waals surface area contributed by atoms with Crippen molar-refractivity contribution in [1.29, 1.82) is 0 Å². The second kappa shape index (κ2) is 13.0. The Morgan fingerprint density at radius 1 is 0.939 bits per heavy atom. The maximum atomic E-state index is 13.0. The molecule has 0 aromatic heterocycles. The molecule has 0 spiro atoms. The van der Waals surface area contributed by atoms with Gasteiger partial charge in [0.05, 0.1) is 6.04 Å². The van der Waals surface area contributed by atoms with Gasteiger partial charge >= 0.3 is 5.97 Å². The summed E-state index contributed by atoms with van der Waals surface area (Å²) in [4.78, 5) is 59.8. The lowest BCUT2D eigenvalue weighted by Gasteiger charge is -2.25. The van der Waals surface area contributed by atoms with Crippen LogP contribution in [0.3, 0.4) is 0 Å². The summed E-state index contributed by atoms with van der Waals surface area (Å²) in [5.74, 6) is -4.32. The third-order valence-electron chi connectivity index (χ3n) is 4.76. The number of carboxylic acid groups (broad SMARTS) is 1. The van der Waals surface area contributed by atoms with Gasteiger partial charge in [-0.1, -0.05) is 26.0 Å². The number of phenols is 1. The molecule has 1 rings (SSSR count). The monoisotopic (exact) mass is 465 g/mol. The number of carbonyl (C=O) groups is 5. The topological polar surface area (TPSA) is 214 Å². The van der Waals surface area contributed by atoms with Crippen LogP contribution in [0.25, 0.3) is 0 Å². The minimum Gasteiger partial charge on any atom is -0.508 e. The Morgan fingerprint density at radius 3 is 2.03 bits per heavy atom. The van der Waals surface area contributed by atoms with E-state index in [0.29, 0.717) is 5.56 Å². The van der Waals surface area contributed by atoms with Gasteiger partial charge in [-0.15, -0.1) is 0 Å². The zero-order valence-corrected chi connectivity index (χ0v) is 18.5. The van der Waals surface area contributed by atoms with E-state index in [1.54, 1.807) is 26.0 Å². The molecule has 9 N–H and O–H groups in total. The molecule has 0 aliphatic rings. The molecule has 12 heteroatoms. The Kier molecular flexibility index (Phi) is 10.8. The summed E-state index contributed by atoms with van der Waals surface area (Å²) in [6.07, 6.45) is -0.390. The number of primary amides is 1. The average molecular weight is 466 g/mol. The lowest BCUT2D eigenvalue weighted by Crippen LogP contribution is -2.57. The van der Waals surface area contributed by atoms with Crippen molar-refractivity contribution in [2.75, 3.05) is 6.54 Å². The second-order valence-corrected chi connectivity index (χ2v) is 7.88. The van der Waals surface area contributed by atoms with Gasteiger partial charge in [-0.3, -0.25) is 24.0 Å². The van der Waals surface area contributed by atoms with E-state index in [9.17, 15) is 29.1 Å². The van der Waals surface area contributed by atoms with Crippen molar-refractivity contribution < 1.29 is 34.2 Å². The largest absolute Gasteiger partial charge is 0.508 e. The molecule has 4 amide bonds. The fourth-order valence-corrected chi connectivity index (χ4v) is 2.76. The molecule has 0 saturated carbocycles. The molecule has 3 atom stereocenters. The molecular formula is C21H31N5O7. The van der Waals surface area contributed by atoms with E-state index in [1.807, 2.05) is 0 Å². The molecule has 12 nitrogen and oxygen atoms in total. The summed E-state index contributed by atoms with van der Waals surface area (Å²) in [7, 11) is 0. The van der Waals surface area contributed by atoms with E-state index in [2.05, 4.69) is 16.0 Å². The number of amides is 4. The summed E-state index contributed by atoms with van der Waals surface area (Å²) >= 11 is 0. The number of carboxylic acids is 1. The predicted molar refractivity (Wildman–Crippen MR) is 118 cm³/mol. The second-order valence-electron chi connectivity index (χ2n) is 7.88. The van der Waals surface area contributed by atoms with Crippen molar-refractivity contribution in [3.05, 3.63) is 29.8 Å².